The molecule has 3 aliphatic rings. The maximum absolute atomic E-state index is 13.8. The minimum absolute atomic E-state index is 0.0869. The van der Waals surface area contributed by atoms with Crippen LogP contribution in [-0.2, 0) is 5.41 Å². The van der Waals surface area contributed by atoms with Crippen molar-refractivity contribution in [2.24, 2.45) is 0 Å². The number of rotatable bonds is 1. The molecule has 0 radical (unpaired) electrons. The maximum Gasteiger partial charge on any atom is 0.123 e. The van der Waals surface area contributed by atoms with Crippen LogP contribution >= 0.6 is 0 Å². The molecule has 0 bridgehead atoms. The summed E-state index contributed by atoms with van der Waals surface area (Å²) in [6, 6.07) is 6.11. The first-order valence-corrected chi connectivity index (χ1v) is 10.5. The van der Waals surface area contributed by atoms with Crippen molar-refractivity contribution in [1.82, 2.24) is 9.80 Å². The Morgan fingerprint density at radius 3 is 2.19 bits per heavy atom. The number of piperidine rings is 2. The monoisotopic (exact) mass is 375 g/mol. The Kier molecular flexibility index (Phi) is 7.87. The zero-order chi connectivity index (χ0) is 20.0. The van der Waals surface area contributed by atoms with E-state index in [2.05, 4.69) is 42.0 Å². The van der Waals surface area contributed by atoms with Crippen molar-refractivity contribution in [2.45, 2.75) is 51.0 Å². The fraction of sp³-hybridized carbons (Fsp3) is 0.652. The number of hydrogen-bond acceptors (Lipinski definition) is 3. The molecule has 1 spiro atoms. The van der Waals surface area contributed by atoms with Crippen molar-refractivity contribution in [3.05, 3.63) is 42.7 Å². The zero-order valence-electron chi connectivity index (χ0n) is 17.8. The summed E-state index contributed by atoms with van der Waals surface area (Å²) in [6.07, 6.45) is 4.93. The van der Waals surface area contributed by atoms with Gasteiger partial charge in [-0.2, -0.15) is 0 Å². The van der Waals surface area contributed by atoms with E-state index in [1.807, 2.05) is 19.9 Å². The Bertz CT molecular complexity index is 587. The van der Waals surface area contributed by atoms with Gasteiger partial charge in [0.1, 0.15) is 5.82 Å². The molecule has 2 fully saturated rings. The number of benzene rings is 1. The lowest BCUT2D eigenvalue weighted by molar-refractivity contribution is 0.0783. The fourth-order valence-electron chi connectivity index (χ4n) is 4.99. The Hall–Kier alpha value is -1.39. The van der Waals surface area contributed by atoms with Gasteiger partial charge in [0.25, 0.3) is 0 Å². The van der Waals surface area contributed by atoms with Crippen LogP contribution in [0.5, 0.6) is 0 Å². The van der Waals surface area contributed by atoms with Crippen molar-refractivity contribution in [3.8, 4) is 0 Å². The van der Waals surface area contributed by atoms with Crippen LogP contribution in [0.1, 0.15) is 45.1 Å². The van der Waals surface area contributed by atoms with Crippen LogP contribution in [0.25, 0.3) is 0 Å². The quantitative estimate of drug-likeness (QED) is 0.668. The van der Waals surface area contributed by atoms with E-state index < -0.39 is 0 Å². The number of anilines is 1. The number of hydrogen-bond donors (Lipinski definition) is 0. The molecule has 1 aromatic rings. The van der Waals surface area contributed by atoms with Crippen LogP contribution < -0.4 is 4.90 Å². The van der Waals surface area contributed by atoms with Crippen LogP contribution in [0, 0.1) is 5.82 Å². The van der Waals surface area contributed by atoms with E-state index in [1.165, 1.54) is 50.0 Å². The number of nitrogens with zero attached hydrogens (tertiary/aromatic N) is 3. The molecule has 0 aromatic heterocycles. The molecule has 152 valence electrons. The van der Waals surface area contributed by atoms with Crippen molar-refractivity contribution in [2.75, 3.05) is 51.7 Å². The standard InChI is InChI=1S/C19H28FN3.C2H6.C2H4/c1-21-9-5-16(6-10-21)23-11-7-19(8-12-23)14-22(2)18-4-3-15(20)13-17(18)19;2*1-2/h3-4,13,16H,5-12,14H2,1-2H3;1-2H3;1-2H2. The lowest BCUT2D eigenvalue weighted by atomic mass is 9.74. The van der Waals surface area contributed by atoms with Gasteiger partial charge in [0.15, 0.2) is 0 Å². The van der Waals surface area contributed by atoms with Gasteiger partial charge in [0.05, 0.1) is 0 Å². The summed E-state index contributed by atoms with van der Waals surface area (Å²) in [7, 11) is 4.37. The van der Waals surface area contributed by atoms with Crippen LogP contribution in [0.2, 0.25) is 0 Å². The molecule has 0 aliphatic carbocycles. The Balaban J connectivity index is 0.000000614. The number of halogens is 1. The maximum atomic E-state index is 13.8. The summed E-state index contributed by atoms with van der Waals surface area (Å²) in [5, 5.41) is 0. The third kappa shape index (κ3) is 4.55. The molecule has 0 saturated carbocycles. The average Bonchev–Trinajstić information content (AvgIpc) is 2.97. The van der Waals surface area contributed by atoms with Gasteiger partial charge in [-0.1, -0.05) is 13.8 Å². The van der Waals surface area contributed by atoms with Crippen molar-refractivity contribution in [1.29, 1.82) is 0 Å². The molecule has 0 unspecified atom stereocenters. The normalized spacial score (nSPS) is 22.5. The Morgan fingerprint density at radius 1 is 1.00 bits per heavy atom. The van der Waals surface area contributed by atoms with Gasteiger partial charge in [0.2, 0.25) is 0 Å². The summed E-state index contributed by atoms with van der Waals surface area (Å²) in [4.78, 5) is 7.46. The molecule has 0 N–H and O–H groups in total. The first kappa shape index (κ1) is 21.9. The highest BCUT2D eigenvalue weighted by molar-refractivity contribution is 5.62. The molecule has 0 amide bonds. The average molecular weight is 376 g/mol. The summed E-state index contributed by atoms with van der Waals surface area (Å²) in [5.74, 6) is -0.0869. The molecular formula is C23H38FN3. The van der Waals surface area contributed by atoms with Gasteiger partial charge >= 0.3 is 0 Å². The van der Waals surface area contributed by atoms with E-state index in [0.717, 1.165) is 25.7 Å². The molecule has 4 rings (SSSR count). The third-order valence-electron chi connectivity index (χ3n) is 6.44. The lowest BCUT2D eigenvalue weighted by Gasteiger charge is -2.45. The highest BCUT2D eigenvalue weighted by Crippen LogP contribution is 2.47. The van der Waals surface area contributed by atoms with Gasteiger partial charge in [-0.15, -0.1) is 13.2 Å². The van der Waals surface area contributed by atoms with Crippen molar-refractivity contribution in [3.63, 3.8) is 0 Å². The summed E-state index contributed by atoms with van der Waals surface area (Å²) >= 11 is 0. The van der Waals surface area contributed by atoms with Crippen molar-refractivity contribution >= 4 is 5.69 Å². The largest absolute Gasteiger partial charge is 0.373 e. The van der Waals surface area contributed by atoms with E-state index >= 15 is 0 Å². The summed E-state index contributed by atoms with van der Waals surface area (Å²) in [6.45, 7) is 15.8. The Morgan fingerprint density at radius 2 is 1.59 bits per heavy atom. The number of fused-ring (bicyclic) bond motifs is 2. The van der Waals surface area contributed by atoms with E-state index in [4.69, 9.17) is 0 Å². The van der Waals surface area contributed by atoms with Crippen LogP contribution in [0.15, 0.2) is 31.4 Å². The molecule has 3 nitrogen and oxygen atoms in total. The van der Waals surface area contributed by atoms with Gasteiger partial charge in [0, 0.05) is 30.7 Å². The molecule has 4 heteroatoms. The fourth-order valence-corrected chi connectivity index (χ4v) is 4.99. The van der Waals surface area contributed by atoms with Crippen LogP contribution in [-0.4, -0.2) is 62.7 Å². The minimum Gasteiger partial charge on any atom is -0.373 e. The highest BCUT2D eigenvalue weighted by atomic mass is 19.1. The summed E-state index contributed by atoms with van der Waals surface area (Å²) in [5.41, 5.74) is 2.66. The van der Waals surface area contributed by atoms with Crippen LogP contribution in [0.3, 0.4) is 0 Å². The van der Waals surface area contributed by atoms with E-state index in [0.29, 0.717) is 0 Å². The SMILES string of the molecule is C=C.CC.CN1CCC(N2CCC3(CC2)CN(C)c2ccc(F)cc23)CC1. The van der Waals surface area contributed by atoms with Crippen LogP contribution in [0.4, 0.5) is 10.1 Å². The lowest BCUT2D eigenvalue weighted by Crippen LogP contribution is -2.51. The van der Waals surface area contributed by atoms with E-state index in [1.54, 1.807) is 12.1 Å². The molecule has 3 aliphatic heterocycles. The second-order valence-electron chi connectivity index (χ2n) is 7.87. The molecule has 0 atom stereocenters. The first-order chi connectivity index (χ1) is 13.1. The molecule has 2 saturated heterocycles. The van der Waals surface area contributed by atoms with Gasteiger partial charge in [-0.3, -0.25) is 0 Å². The molecular weight excluding hydrogens is 337 g/mol. The smallest absolute Gasteiger partial charge is 0.123 e. The zero-order valence-corrected chi connectivity index (χ0v) is 17.8. The second kappa shape index (κ2) is 9.70. The van der Waals surface area contributed by atoms with Gasteiger partial charge in [-0.05, 0) is 82.7 Å². The molecule has 1 aromatic carbocycles. The van der Waals surface area contributed by atoms with E-state index in [-0.39, 0.29) is 11.2 Å². The van der Waals surface area contributed by atoms with Crippen molar-refractivity contribution < 1.29 is 4.39 Å². The van der Waals surface area contributed by atoms with Gasteiger partial charge < -0.3 is 14.7 Å². The minimum atomic E-state index is -0.0869. The summed E-state index contributed by atoms with van der Waals surface area (Å²) < 4.78 is 13.8. The third-order valence-corrected chi connectivity index (χ3v) is 6.44. The highest BCUT2D eigenvalue weighted by Gasteiger charge is 2.44. The number of likely N-dealkylation sites (N-methyl/N-ethyl adjacent to an activating group) is 1. The molecule has 3 heterocycles. The van der Waals surface area contributed by atoms with Gasteiger partial charge in [-0.25, -0.2) is 4.39 Å². The van der Waals surface area contributed by atoms with E-state index in [9.17, 15) is 4.39 Å². The molecule has 27 heavy (non-hydrogen) atoms. The predicted molar refractivity (Wildman–Crippen MR) is 115 cm³/mol. The topological polar surface area (TPSA) is 9.72 Å². The predicted octanol–water partition coefficient (Wildman–Crippen LogP) is 4.53. The first-order valence-electron chi connectivity index (χ1n) is 10.5. The Labute approximate surface area is 165 Å². The number of likely N-dealkylation sites (tertiary alicyclic amines) is 2. The second-order valence-corrected chi connectivity index (χ2v) is 7.87.